The molecule has 0 radical (unpaired) electrons. The molecule has 1 fully saturated rings. The van der Waals surface area contributed by atoms with Crippen molar-refractivity contribution in [1.29, 1.82) is 0 Å². The maximum Gasteiger partial charge on any atom is 0.407 e. The van der Waals surface area contributed by atoms with Crippen molar-refractivity contribution < 1.29 is 38.3 Å². The first-order chi connectivity index (χ1) is 25.4. The minimum atomic E-state index is -0.820. The number of ketones is 3. The van der Waals surface area contributed by atoms with Gasteiger partial charge in [0.05, 0.1) is 12.6 Å². The largest absolute Gasteiger partial charge is 0.450 e. The average Bonchev–Trinajstić information content (AvgIpc) is 3.61. The van der Waals surface area contributed by atoms with Crippen molar-refractivity contribution in [3.8, 4) is 0 Å². The molecular formula is C41H63BrN4O8. The number of amides is 4. The van der Waals surface area contributed by atoms with Gasteiger partial charge in [-0.2, -0.15) is 0 Å². The Balaban J connectivity index is 1.90. The van der Waals surface area contributed by atoms with Gasteiger partial charge in [-0.3, -0.25) is 28.8 Å². The van der Waals surface area contributed by atoms with E-state index in [1.807, 2.05) is 26.0 Å². The van der Waals surface area contributed by atoms with E-state index < -0.39 is 28.9 Å². The quantitative estimate of drug-likeness (QED) is 0.0544. The van der Waals surface area contributed by atoms with Crippen LogP contribution >= 0.6 is 15.9 Å². The Morgan fingerprint density at radius 1 is 0.926 bits per heavy atom. The van der Waals surface area contributed by atoms with E-state index in [0.29, 0.717) is 85.6 Å². The van der Waals surface area contributed by atoms with Crippen molar-refractivity contribution in [1.82, 2.24) is 20.9 Å². The Hall–Kier alpha value is -3.61. The molecule has 5 atom stereocenters. The van der Waals surface area contributed by atoms with E-state index in [9.17, 15) is 33.6 Å². The summed E-state index contributed by atoms with van der Waals surface area (Å²) >= 11 is 3.49. The lowest BCUT2D eigenvalue weighted by atomic mass is 9.84. The van der Waals surface area contributed by atoms with Gasteiger partial charge in [0.25, 0.3) is 0 Å². The highest BCUT2D eigenvalue weighted by Gasteiger charge is 2.37. The second kappa shape index (κ2) is 22.7. The first-order valence-electron chi connectivity index (χ1n) is 19.5. The molecule has 2 rings (SSSR count). The number of ether oxygens (including phenoxy) is 1. The zero-order valence-electron chi connectivity index (χ0n) is 33.8. The molecule has 0 bridgehead atoms. The van der Waals surface area contributed by atoms with Crippen molar-refractivity contribution in [3.63, 3.8) is 0 Å². The number of nitrogens with zero attached hydrogens (tertiary/aromatic N) is 1. The number of alkyl carbamates (subject to hydrolysis) is 1. The topological polar surface area (TPSA) is 168 Å². The number of alkyl halides is 1. The summed E-state index contributed by atoms with van der Waals surface area (Å²) in [4.78, 5) is 91.8. The number of Topliss-reactive ketones (excluding diaryl/α,β-unsaturated/α-hetero) is 3. The number of halogens is 1. The maximum absolute atomic E-state index is 13.5. The van der Waals surface area contributed by atoms with E-state index in [-0.39, 0.29) is 60.7 Å². The van der Waals surface area contributed by atoms with Gasteiger partial charge in [0.1, 0.15) is 10.9 Å². The standard InChI is InChI=1S/C41H63BrN4O8/c1-10-33(45-39(51)34-16-12-20-46(34)40(52)32(42)18-17-26(6)22-24(2)3)35(47)23-30(38(50)44-25(4)5)14-11-19-43-41(53)54-21-13-15-31-29(9)36(48)27(7)28(8)37(31)49/h17-18,24-26,30,32-34H,10-16,19-23H2,1-9H3,(H,43,53)(H,44,50)(H,45,51)/b18-17+/t26-,30-,32+,33+,34?/m1/s1. The third-order valence-electron chi connectivity index (χ3n) is 10.0. The van der Waals surface area contributed by atoms with Gasteiger partial charge in [0.15, 0.2) is 17.3 Å². The predicted molar refractivity (Wildman–Crippen MR) is 213 cm³/mol. The molecule has 54 heavy (non-hydrogen) atoms. The summed E-state index contributed by atoms with van der Waals surface area (Å²) in [6.45, 7) is 17.5. The summed E-state index contributed by atoms with van der Waals surface area (Å²) < 4.78 is 5.26. The SMILES string of the molecule is CC[C@H](NC(=O)C1CCCN1C(=O)[C@@H](Br)/C=C/[C@@H](C)CC(C)C)C(=O)C[C@@H](CCCNC(=O)OCCCC1=C(C)C(=O)C(C)=C(C)C1=O)C(=O)NC(C)C. The van der Waals surface area contributed by atoms with Crippen molar-refractivity contribution >= 4 is 57.1 Å². The second-order valence-corrected chi connectivity index (χ2v) is 16.4. The Morgan fingerprint density at radius 3 is 2.22 bits per heavy atom. The Labute approximate surface area is 330 Å². The van der Waals surface area contributed by atoms with Crippen LogP contribution in [0.1, 0.15) is 120 Å². The number of hydrogen-bond donors (Lipinski definition) is 3. The Morgan fingerprint density at radius 2 is 1.59 bits per heavy atom. The van der Waals surface area contributed by atoms with Gasteiger partial charge in [-0.05, 0) is 97.8 Å². The van der Waals surface area contributed by atoms with E-state index >= 15 is 0 Å². The van der Waals surface area contributed by atoms with Crippen LogP contribution in [0, 0.1) is 17.8 Å². The van der Waals surface area contributed by atoms with Crippen molar-refractivity contribution in [2.24, 2.45) is 17.8 Å². The fourth-order valence-electron chi connectivity index (χ4n) is 6.90. The molecule has 1 aliphatic carbocycles. The van der Waals surface area contributed by atoms with Crippen LogP contribution in [0.15, 0.2) is 34.4 Å². The number of carbonyl (C=O) groups excluding carboxylic acids is 7. The minimum Gasteiger partial charge on any atom is -0.450 e. The number of allylic oxidation sites excluding steroid dienone is 5. The molecule has 1 saturated heterocycles. The lowest BCUT2D eigenvalue weighted by Gasteiger charge is -2.27. The molecule has 3 N–H and O–H groups in total. The normalized spacial score (nSPS) is 18.7. The molecule has 4 amide bonds. The molecule has 0 spiro atoms. The minimum absolute atomic E-state index is 0.0577. The molecule has 1 aliphatic heterocycles. The Bertz CT molecular complexity index is 1480. The molecule has 302 valence electrons. The van der Waals surface area contributed by atoms with Crippen LogP contribution in [-0.4, -0.2) is 88.7 Å². The maximum atomic E-state index is 13.5. The smallest absolute Gasteiger partial charge is 0.407 e. The molecule has 2 aliphatic rings. The van der Waals surface area contributed by atoms with Crippen LogP contribution in [0.4, 0.5) is 4.79 Å². The van der Waals surface area contributed by atoms with Gasteiger partial charge in [0, 0.05) is 53.8 Å². The van der Waals surface area contributed by atoms with E-state index in [2.05, 4.69) is 52.7 Å². The number of rotatable bonds is 21. The van der Waals surface area contributed by atoms with Crippen LogP contribution < -0.4 is 16.0 Å². The lowest BCUT2D eigenvalue weighted by Crippen LogP contribution is -2.52. The molecule has 13 heteroatoms. The van der Waals surface area contributed by atoms with Gasteiger partial charge < -0.3 is 25.6 Å². The third-order valence-corrected chi connectivity index (χ3v) is 10.7. The molecule has 1 unspecified atom stereocenters. The molecule has 0 aromatic carbocycles. The Kier molecular flexibility index (Phi) is 19.6. The summed E-state index contributed by atoms with van der Waals surface area (Å²) in [7, 11) is 0. The molecular weight excluding hydrogens is 756 g/mol. The third kappa shape index (κ3) is 14.2. The highest BCUT2D eigenvalue weighted by atomic mass is 79.9. The molecule has 12 nitrogen and oxygen atoms in total. The fraction of sp³-hybridized carbons (Fsp3) is 0.683. The van der Waals surface area contributed by atoms with Gasteiger partial charge in [-0.15, -0.1) is 0 Å². The first kappa shape index (κ1) is 46.5. The van der Waals surface area contributed by atoms with Crippen LogP contribution in [0.2, 0.25) is 0 Å². The molecule has 0 saturated carbocycles. The summed E-state index contributed by atoms with van der Waals surface area (Å²) in [6.07, 6.45) is 7.04. The van der Waals surface area contributed by atoms with Crippen LogP contribution in [0.25, 0.3) is 0 Å². The van der Waals surface area contributed by atoms with Crippen molar-refractivity contribution in [2.75, 3.05) is 19.7 Å². The zero-order chi connectivity index (χ0) is 40.7. The number of hydrogen-bond acceptors (Lipinski definition) is 8. The lowest BCUT2D eigenvalue weighted by molar-refractivity contribution is -0.138. The summed E-state index contributed by atoms with van der Waals surface area (Å²) in [5, 5.41) is 8.41. The number of likely N-dealkylation sites (tertiary alicyclic amines) is 1. The van der Waals surface area contributed by atoms with Crippen molar-refractivity contribution in [2.45, 2.75) is 143 Å². The number of nitrogens with one attached hydrogen (secondary N) is 3. The zero-order valence-corrected chi connectivity index (χ0v) is 35.4. The van der Waals surface area contributed by atoms with E-state index in [1.54, 1.807) is 32.6 Å². The second-order valence-electron chi connectivity index (χ2n) is 15.4. The van der Waals surface area contributed by atoms with Crippen LogP contribution in [0.3, 0.4) is 0 Å². The van der Waals surface area contributed by atoms with E-state index in [0.717, 1.165) is 6.42 Å². The highest BCUT2D eigenvalue weighted by molar-refractivity contribution is 9.10. The summed E-state index contributed by atoms with van der Waals surface area (Å²) in [6, 6.07) is -1.65. The van der Waals surface area contributed by atoms with Gasteiger partial charge in [0.2, 0.25) is 17.7 Å². The predicted octanol–water partition coefficient (Wildman–Crippen LogP) is 6.07. The average molecular weight is 820 g/mol. The summed E-state index contributed by atoms with van der Waals surface area (Å²) in [5.41, 5.74) is 1.79. The first-order valence-corrected chi connectivity index (χ1v) is 20.4. The number of carbonyl (C=O) groups is 7. The molecule has 0 aromatic heterocycles. The van der Waals surface area contributed by atoms with E-state index in [4.69, 9.17) is 4.74 Å². The monoisotopic (exact) mass is 818 g/mol. The van der Waals surface area contributed by atoms with Crippen LogP contribution in [-0.2, 0) is 33.5 Å². The van der Waals surface area contributed by atoms with Gasteiger partial charge in [-0.1, -0.05) is 55.8 Å². The highest BCUT2D eigenvalue weighted by Crippen LogP contribution is 2.27. The van der Waals surface area contributed by atoms with Crippen LogP contribution in [0.5, 0.6) is 0 Å². The van der Waals surface area contributed by atoms with Crippen molar-refractivity contribution in [3.05, 3.63) is 34.4 Å². The molecule has 1 heterocycles. The van der Waals surface area contributed by atoms with Gasteiger partial charge >= 0.3 is 6.09 Å². The van der Waals surface area contributed by atoms with Gasteiger partial charge in [-0.25, -0.2) is 4.79 Å². The summed E-state index contributed by atoms with van der Waals surface area (Å²) in [5.74, 6) is -1.24. The van der Waals surface area contributed by atoms with E-state index in [1.165, 1.54) is 0 Å². The fourth-order valence-corrected chi connectivity index (χ4v) is 7.34. The molecule has 0 aromatic rings.